The lowest BCUT2D eigenvalue weighted by Gasteiger charge is -2.05. The molecular weight excluding hydrogens is 392 g/mol. The lowest BCUT2D eigenvalue weighted by atomic mass is 10.2. The molecule has 0 amide bonds. The van der Waals surface area contributed by atoms with Crippen LogP contribution in [-0.2, 0) is 6.18 Å². The number of nitrogens with one attached hydrogen (secondary N) is 1. The number of nitrogens with zero attached hydrogens (tertiary/aromatic N) is 1. The van der Waals surface area contributed by atoms with Crippen molar-refractivity contribution >= 4 is 35.4 Å². The lowest BCUT2D eigenvalue weighted by Crippen LogP contribution is -2.19. The third kappa shape index (κ3) is 4.00. The second-order valence-electron chi connectivity index (χ2n) is 5.16. The number of H-pyrrole nitrogens is 1. The van der Waals surface area contributed by atoms with Gasteiger partial charge in [0, 0.05) is 5.56 Å². The lowest BCUT2D eigenvalue weighted by molar-refractivity contribution is -0.141. The quantitative estimate of drug-likeness (QED) is 0.628. The minimum atomic E-state index is -4.67. The van der Waals surface area contributed by atoms with Crippen LogP contribution in [0, 0.1) is 0 Å². The van der Waals surface area contributed by atoms with E-state index in [-0.39, 0.29) is 5.69 Å². The first-order chi connectivity index (χ1) is 12.2. The van der Waals surface area contributed by atoms with Crippen molar-refractivity contribution in [1.29, 1.82) is 0 Å². The first-order valence-corrected chi connectivity index (χ1v) is 7.90. The zero-order valence-electron chi connectivity index (χ0n) is 12.8. The molecule has 0 fully saturated rings. The fraction of sp³-hybridized carbons (Fsp3) is 0.0588. The van der Waals surface area contributed by atoms with Gasteiger partial charge in [0.1, 0.15) is 17.2 Å². The summed E-state index contributed by atoms with van der Waals surface area (Å²) in [7, 11) is 0. The molecule has 0 aliphatic heterocycles. The number of benzene rings is 1. The molecule has 4 nitrogen and oxygen atoms in total. The molecule has 0 aliphatic rings. The van der Waals surface area contributed by atoms with Crippen molar-refractivity contribution in [3.8, 4) is 11.3 Å². The van der Waals surface area contributed by atoms with Crippen molar-refractivity contribution in [1.82, 2.24) is 9.97 Å². The second kappa shape index (κ2) is 7.01. The molecule has 2 aromatic heterocycles. The number of halogens is 5. The van der Waals surface area contributed by atoms with Gasteiger partial charge >= 0.3 is 11.9 Å². The van der Waals surface area contributed by atoms with Crippen molar-refractivity contribution in [3.63, 3.8) is 0 Å². The van der Waals surface area contributed by atoms with Crippen LogP contribution in [0.15, 0.2) is 45.6 Å². The second-order valence-corrected chi connectivity index (χ2v) is 5.94. The molecule has 1 N–H and O–H groups in total. The van der Waals surface area contributed by atoms with Gasteiger partial charge in [-0.2, -0.15) is 18.2 Å². The van der Waals surface area contributed by atoms with Crippen molar-refractivity contribution in [2.45, 2.75) is 6.18 Å². The van der Waals surface area contributed by atoms with Gasteiger partial charge in [0.05, 0.1) is 15.7 Å². The molecule has 3 rings (SSSR count). The average molecular weight is 401 g/mol. The van der Waals surface area contributed by atoms with E-state index in [0.717, 1.165) is 6.07 Å². The van der Waals surface area contributed by atoms with Crippen molar-refractivity contribution in [2.75, 3.05) is 0 Å². The first-order valence-electron chi connectivity index (χ1n) is 7.15. The summed E-state index contributed by atoms with van der Waals surface area (Å²) in [5, 5.41) is 0.690. The third-order valence-electron chi connectivity index (χ3n) is 3.33. The number of furan rings is 1. The molecule has 3 aromatic rings. The number of rotatable bonds is 3. The molecule has 9 heteroatoms. The van der Waals surface area contributed by atoms with Gasteiger partial charge in [-0.1, -0.05) is 29.3 Å². The number of aromatic nitrogens is 2. The van der Waals surface area contributed by atoms with E-state index >= 15 is 0 Å². The van der Waals surface area contributed by atoms with Crippen LogP contribution in [0.5, 0.6) is 0 Å². The molecule has 0 aliphatic carbocycles. The zero-order chi connectivity index (χ0) is 18.9. The number of aromatic amines is 1. The van der Waals surface area contributed by atoms with Gasteiger partial charge in [-0.25, -0.2) is 4.79 Å². The molecular formula is C17H9Cl2F3N2O2. The molecule has 0 saturated carbocycles. The topological polar surface area (TPSA) is 58.9 Å². The Morgan fingerprint density at radius 1 is 1.12 bits per heavy atom. The van der Waals surface area contributed by atoms with Gasteiger partial charge in [-0.3, -0.25) is 0 Å². The van der Waals surface area contributed by atoms with E-state index in [4.69, 9.17) is 27.6 Å². The Balaban J connectivity index is 1.89. The fourth-order valence-corrected chi connectivity index (χ4v) is 2.56. The fourth-order valence-electron chi connectivity index (χ4n) is 2.16. The highest BCUT2D eigenvalue weighted by Gasteiger charge is 2.32. The highest BCUT2D eigenvalue weighted by atomic mass is 35.5. The van der Waals surface area contributed by atoms with Crippen LogP contribution in [-0.4, -0.2) is 9.97 Å². The molecule has 0 bridgehead atoms. The Morgan fingerprint density at radius 2 is 1.88 bits per heavy atom. The average Bonchev–Trinajstić information content (AvgIpc) is 3.03. The third-order valence-corrected chi connectivity index (χ3v) is 4.15. The molecule has 0 saturated heterocycles. The van der Waals surface area contributed by atoms with Gasteiger partial charge in [0.15, 0.2) is 0 Å². The zero-order valence-corrected chi connectivity index (χ0v) is 14.3. The molecule has 26 heavy (non-hydrogen) atoms. The summed E-state index contributed by atoms with van der Waals surface area (Å²) >= 11 is 12.1. The summed E-state index contributed by atoms with van der Waals surface area (Å²) < 4.78 is 43.7. The molecule has 1 aromatic carbocycles. The van der Waals surface area contributed by atoms with Crippen LogP contribution in [0.3, 0.4) is 0 Å². The maximum Gasteiger partial charge on any atom is 0.431 e. The highest BCUT2D eigenvalue weighted by Crippen LogP contribution is 2.34. The molecule has 0 spiro atoms. The van der Waals surface area contributed by atoms with E-state index in [1.54, 1.807) is 35.3 Å². The van der Waals surface area contributed by atoms with Crippen LogP contribution < -0.4 is 5.69 Å². The smallest absolute Gasteiger partial charge is 0.431 e. The summed E-state index contributed by atoms with van der Waals surface area (Å²) in [6.45, 7) is 0. The Morgan fingerprint density at radius 3 is 2.62 bits per heavy atom. The van der Waals surface area contributed by atoms with Gasteiger partial charge in [-0.15, -0.1) is 0 Å². The minimum absolute atomic E-state index is 0.153. The standard InChI is InChI=1S/C17H9Cl2F3N2O2/c18-12-3-1-2-11(15(12)19)13-7-6-10(26-13)5-4-9-8-14(17(20,21)22)24-16(25)23-9/h1-8H,(H,23,24,25)/b5-4+. The summed E-state index contributed by atoms with van der Waals surface area (Å²) in [6.07, 6.45) is -2.04. The molecule has 0 unspecified atom stereocenters. The highest BCUT2D eigenvalue weighted by molar-refractivity contribution is 6.43. The predicted molar refractivity (Wildman–Crippen MR) is 93.0 cm³/mol. The van der Waals surface area contributed by atoms with Crippen LogP contribution in [0.4, 0.5) is 13.2 Å². The Kier molecular flexibility index (Phi) is 4.93. The number of alkyl halides is 3. The van der Waals surface area contributed by atoms with Crippen LogP contribution >= 0.6 is 23.2 Å². The van der Waals surface area contributed by atoms with Crippen LogP contribution in [0.1, 0.15) is 17.1 Å². The van der Waals surface area contributed by atoms with E-state index in [2.05, 4.69) is 4.98 Å². The van der Waals surface area contributed by atoms with Gasteiger partial charge in [0.2, 0.25) is 0 Å². The van der Waals surface area contributed by atoms with Crippen LogP contribution in [0.2, 0.25) is 10.0 Å². The summed E-state index contributed by atoms with van der Waals surface area (Å²) in [4.78, 5) is 16.4. The largest absolute Gasteiger partial charge is 0.457 e. The van der Waals surface area contributed by atoms with E-state index in [1.165, 1.54) is 12.2 Å². The monoisotopic (exact) mass is 400 g/mol. The molecule has 0 radical (unpaired) electrons. The van der Waals surface area contributed by atoms with E-state index in [1.807, 2.05) is 0 Å². The molecule has 134 valence electrons. The van der Waals surface area contributed by atoms with Crippen molar-refractivity contribution in [2.24, 2.45) is 0 Å². The van der Waals surface area contributed by atoms with Crippen LogP contribution in [0.25, 0.3) is 23.5 Å². The van der Waals surface area contributed by atoms with Gasteiger partial charge in [-0.05, 0) is 42.5 Å². The maximum absolute atomic E-state index is 12.7. The normalized spacial score (nSPS) is 12.0. The molecule has 0 atom stereocenters. The maximum atomic E-state index is 12.7. The summed E-state index contributed by atoms with van der Waals surface area (Å²) in [5.74, 6) is 0.777. The summed E-state index contributed by atoms with van der Waals surface area (Å²) in [5.41, 5.74) is -1.85. The Hall–Kier alpha value is -2.51. The van der Waals surface area contributed by atoms with Crippen molar-refractivity contribution in [3.05, 3.63) is 74.1 Å². The minimum Gasteiger partial charge on any atom is -0.457 e. The van der Waals surface area contributed by atoms with E-state index < -0.39 is 17.6 Å². The van der Waals surface area contributed by atoms with Gasteiger partial charge < -0.3 is 9.40 Å². The summed E-state index contributed by atoms with van der Waals surface area (Å²) in [6, 6.07) is 9.03. The number of hydrogen-bond donors (Lipinski definition) is 1. The number of hydrogen-bond acceptors (Lipinski definition) is 3. The SMILES string of the molecule is O=c1nc(/C=C/c2ccc(-c3cccc(Cl)c3Cl)o2)cc(C(F)(F)F)[nH]1. The Bertz CT molecular complexity index is 1040. The molecule has 2 heterocycles. The van der Waals surface area contributed by atoms with Crippen molar-refractivity contribution < 1.29 is 17.6 Å². The first kappa shape index (κ1) is 18.3. The van der Waals surface area contributed by atoms with E-state index in [9.17, 15) is 18.0 Å². The predicted octanol–water partition coefficient (Wildman–Crippen LogP) is 5.53. The van der Waals surface area contributed by atoms with Gasteiger partial charge in [0.25, 0.3) is 0 Å². The Labute approximate surface area is 154 Å². The van der Waals surface area contributed by atoms with E-state index in [0.29, 0.717) is 27.1 Å².